The van der Waals surface area contributed by atoms with Crippen LogP contribution in [-0.2, 0) is 24.0 Å². The van der Waals surface area contributed by atoms with Crippen molar-refractivity contribution in [3.8, 4) is 0 Å². The van der Waals surface area contributed by atoms with E-state index in [2.05, 4.69) is 10.6 Å². The zero-order chi connectivity index (χ0) is 28.7. The predicted molar refractivity (Wildman–Crippen MR) is 141 cm³/mol. The number of aliphatic carboxylic acids is 1. The minimum Gasteiger partial charge on any atom is -0.481 e. The number of aldehydes is 1. The molecule has 3 rings (SSSR count). The molecule has 0 aliphatic carbocycles. The van der Waals surface area contributed by atoms with Crippen molar-refractivity contribution in [3.05, 3.63) is 54.1 Å². The molecule has 1 heterocycles. The summed E-state index contributed by atoms with van der Waals surface area (Å²) in [5.74, 6) is -4.21. The lowest BCUT2D eigenvalue weighted by atomic mass is 10.1. The van der Waals surface area contributed by atoms with Crippen molar-refractivity contribution >= 4 is 52.9 Å². The molecule has 0 saturated carbocycles. The third kappa shape index (κ3) is 6.96. The summed E-state index contributed by atoms with van der Waals surface area (Å²) in [6, 6.07) is 10.1. The van der Waals surface area contributed by atoms with Gasteiger partial charge in [-0.1, -0.05) is 12.1 Å². The normalized spacial score (nSPS) is 15.5. The summed E-state index contributed by atoms with van der Waals surface area (Å²) in [6.45, 7) is -1.83. The molecule has 2 aromatic rings. The molecule has 0 bridgehead atoms. The summed E-state index contributed by atoms with van der Waals surface area (Å²) in [7, 11) is 3.68. The fourth-order valence-electron chi connectivity index (χ4n) is 4.05. The number of anilines is 3. The van der Waals surface area contributed by atoms with Crippen LogP contribution in [0.5, 0.6) is 0 Å². The molecule has 2 aromatic carbocycles. The molecule has 4 N–H and O–H groups in total. The van der Waals surface area contributed by atoms with Crippen LogP contribution in [-0.4, -0.2) is 92.0 Å². The molecular weight excluding hydrogens is 510 g/mol. The van der Waals surface area contributed by atoms with Crippen LogP contribution in [0.3, 0.4) is 0 Å². The van der Waals surface area contributed by atoms with Gasteiger partial charge < -0.3 is 35.4 Å². The maximum atomic E-state index is 13.7. The Morgan fingerprint density at radius 3 is 2.28 bits per heavy atom. The van der Waals surface area contributed by atoms with E-state index in [1.807, 2.05) is 19.0 Å². The van der Waals surface area contributed by atoms with Gasteiger partial charge in [-0.2, -0.15) is 0 Å². The van der Waals surface area contributed by atoms with E-state index in [4.69, 9.17) is 5.11 Å². The highest BCUT2D eigenvalue weighted by Crippen LogP contribution is 2.33. The van der Waals surface area contributed by atoms with Crippen molar-refractivity contribution in [2.75, 3.05) is 48.5 Å². The molecule has 1 aliphatic rings. The van der Waals surface area contributed by atoms with E-state index >= 15 is 0 Å². The molecule has 0 aromatic heterocycles. The molecule has 4 amide bonds. The first-order valence-electron chi connectivity index (χ1n) is 11.9. The molecule has 1 aliphatic heterocycles. The molecule has 0 radical (unpaired) electrons. The Morgan fingerprint density at radius 1 is 1.08 bits per heavy atom. The third-order valence-electron chi connectivity index (χ3n) is 5.99. The molecule has 13 nitrogen and oxygen atoms in total. The molecule has 13 heteroatoms. The van der Waals surface area contributed by atoms with Gasteiger partial charge in [0.25, 0.3) is 17.7 Å². The Balaban J connectivity index is 1.94. The number of aliphatic hydroxyl groups is 1. The number of carboxylic acids is 1. The Bertz CT molecular complexity index is 1260. The van der Waals surface area contributed by atoms with Crippen LogP contribution < -0.4 is 25.3 Å². The number of rotatable bonds is 10. The van der Waals surface area contributed by atoms with E-state index in [0.717, 1.165) is 15.5 Å². The van der Waals surface area contributed by atoms with Gasteiger partial charge in [0, 0.05) is 25.3 Å². The van der Waals surface area contributed by atoms with Crippen molar-refractivity contribution in [3.63, 3.8) is 0 Å². The molecular formula is C26H29N5O8. The van der Waals surface area contributed by atoms with Crippen LogP contribution in [0.4, 0.5) is 17.1 Å². The maximum Gasteiger partial charge on any atom is 0.305 e. The second kappa shape index (κ2) is 12.6. The number of hydrogen-bond donors (Lipinski definition) is 4. The van der Waals surface area contributed by atoms with Crippen molar-refractivity contribution in [1.29, 1.82) is 0 Å². The second-order valence-corrected chi connectivity index (χ2v) is 8.95. The number of carbonyl (C=O) groups is 6. The third-order valence-corrected chi connectivity index (χ3v) is 5.99. The number of para-hydroxylation sites is 2. The SMILES string of the molecule is CN(C)c1ccc(C(=O)N[C@H]2CN(C(=O)CO)c3ccccc3N(CC(=O)N[C@H](C=O)CC(=O)O)C2=O)cc1. The molecule has 0 fully saturated rings. The smallest absolute Gasteiger partial charge is 0.305 e. The van der Waals surface area contributed by atoms with Gasteiger partial charge in [-0.15, -0.1) is 0 Å². The van der Waals surface area contributed by atoms with E-state index in [1.165, 1.54) is 12.1 Å². The highest BCUT2D eigenvalue weighted by molar-refractivity contribution is 6.11. The van der Waals surface area contributed by atoms with Crippen LogP contribution in [0.1, 0.15) is 16.8 Å². The molecule has 206 valence electrons. The van der Waals surface area contributed by atoms with Crippen LogP contribution in [0.15, 0.2) is 48.5 Å². The monoisotopic (exact) mass is 539 g/mol. The van der Waals surface area contributed by atoms with Crippen LogP contribution in [0.2, 0.25) is 0 Å². The average Bonchev–Trinajstić information content (AvgIpc) is 3.02. The van der Waals surface area contributed by atoms with Gasteiger partial charge in [-0.3, -0.25) is 28.9 Å². The van der Waals surface area contributed by atoms with E-state index in [1.54, 1.807) is 36.4 Å². The second-order valence-electron chi connectivity index (χ2n) is 8.95. The van der Waals surface area contributed by atoms with Gasteiger partial charge in [-0.05, 0) is 36.4 Å². The minimum absolute atomic E-state index is 0.146. The maximum absolute atomic E-state index is 13.7. The van der Waals surface area contributed by atoms with Crippen molar-refractivity contribution in [2.24, 2.45) is 0 Å². The molecule has 39 heavy (non-hydrogen) atoms. The highest BCUT2D eigenvalue weighted by atomic mass is 16.4. The predicted octanol–water partition coefficient (Wildman–Crippen LogP) is -0.618. The van der Waals surface area contributed by atoms with Gasteiger partial charge in [0.1, 0.15) is 25.5 Å². The minimum atomic E-state index is -1.32. The van der Waals surface area contributed by atoms with Gasteiger partial charge in [-0.25, -0.2) is 0 Å². The quantitative estimate of drug-likeness (QED) is 0.287. The first-order chi connectivity index (χ1) is 18.5. The Labute approximate surface area is 224 Å². The Hall–Kier alpha value is -4.78. The average molecular weight is 540 g/mol. The number of amides is 4. The van der Waals surface area contributed by atoms with E-state index < -0.39 is 61.3 Å². The summed E-state index contributed by atoms with van der Waals surface area (Å²) in [5, 5.41) is 23.4. The van der Waals surface area contributed by atoms with Gasteiger partial charge in [0.05, 0.1) is 30.4 Å². The summed E-state index contributed by atoms with van der Waals surface area (Å²) >= 11 is 0. The molecule has 0 unspecified atom stereocenters. The summed E-state index contributed by atoms with van der Waals surface area (Å²) < 4.78 is 0. The van der Waals surface area contributed by atoms with Crippen LogP contribution >= 0.6 is 0 Å². The van der Waals surface area contributed by atoms with Crippen molar-refractivity contribution in [1.82, 2.24) is 10.6 Å². The van der Waals surface area contributed by atoms with E-state index in [0.29, 0.717) is 0 Å². The van der Waals surface area contributed by atoms with Crippen molar-refractivity contribution in [2.45, 2.75) is 18.5 Å². The standard InChI is InChI=1S/C26H29N5O8/c1-29(2)18-9-7-16(8-10-18)25(38)28-19-12-30(23(35)15-33)20-5-3-4-6-21(20)31(26(19)39)13-22(34)27-17(14-32)11-24(36)37/h3-10,14,17,19,33H,11-13,15H2,1-2H3,(H,27,34)(H,28,38)(H,36,37)/t17-,19-/m0/s1. The van der Waals surface area contributed by atoms with Gasteiger partial charge in [0.2, 0.25) is 5.91 Å². The van der Waals surface area contributed by atoms with Gasteiger partial charge in [0.15, 0.2) is 0 Å². The zero-order valence-electron chi connectivity index (χ0n) is 21.4. The van der Waals surface area contributed by atoms with E-state index in [9.17, 15) is 33.9 Å². The Morgan fingerprint density at radius 2 is 1.72 bits per heavy atom. The largest absolute Gasteiger partial charge is 0.481 e. The van der Waals surface area contributed by atoms with Gasteiger partial charge >= 0.3 is 5.97 Å². The number of benzene rings is 2. The van der Waals surface area contributed by atoms with Crippen LogP contribution in [0, 0.1) is 0 Å². The summed E-state index contributed by atoms with van der Waals surface area (Å²) in [6.07, 6.45) is -0.375. The topological polar surface area (TPSA) is 177 Å². The number of fused-ring (bicyclic) bond motifs is 1. The fraction of sp³-hybridized carbons (Fsp3) is 0.308. The van der Waals surface area contributed by atoms with Crippen molar-refractivity contribution < 1.29 is 39.0 Å². The molecule has 2 atom stereocenters. The van der Waals surface area contributed by atoms with Crippen LogP contribution in [0.25, 0.3) is 0 Å². The number of aliphatic hydroxyl groups excluding tert-OH is 1. The summed E-state index contributed by atoms with van der Waals surface area (Å²) in [5.41, 5.74) is 1.46. The number of hydrogen-bond acceptors (Lipinski definition) is 8. The van der Waals surface area contributed by atoms with E-state index in [-0.39, 0.29) is 29.8 Å². The molecule has 0 saturated heterocycles. The first-order valence-corrected chi connectivity index (χ1v) is 11.9. The lowest BCUT2D eigenvalue weighted by Crippen LogP contribution is -2.55. The lowest BCUT2D eigenvalue weighted by molar-refractivity contribution is -0.139. The first kappa shape index (κ1) is 28.8. The summed E-state index contributed by atoms with van der Waals surface area (Å²) in [4.78, 5) is 78.4. The Kier molecular flexibility index (Phi) is 9.33. The lowest BCUT2D eigenvalue weighted by Gasteiger charge is -2.25. The number of nitrogens with zero attached hydrogens (tertiary/aromatic N) is 3. The molecule has 0 spiro atoms. The fourth-order valence-corrected chi connectivity index (χ4v) is 4.05. The highest BCUT2D eigenvalue weighted by Gasteiger charge is 2.37. The number of nitrogens with one attached hydrogen (secondary N) is 2. The number of carboxylic acid groups (broad SMARTS) is 1. The number of carbonyl (C=O) groups excluding carboxylic acids is 5. The zero-order valence-corrected chi connectivity index (χ0v) is 21.4.